The molecule has 0 aliphatic carbocycles. The zero-order valence-corrected chi connectivity index (χ0v) is 10.6. The fourth-order valence-electron chi connectivity index (χ4n) is 1.91. The molecule has 20 heavy (non-hydrogen) atoms. The summed E-state index contributed by atoms with van der Waals surface area (Å²) in [4.78, 5) is 11.4. The van der Waals surface area contributed by atoms with E-state index in [0.29, 0.717) is 5.56 Å². The fraction of sp³-hybridized carbons (Fsp3) is 0.133. The molecule has 104 valence electrons. The lowest BCUT2D eigenvalue weighted by Gasteiger charge is -2.14. The molecule has 2 aromatic carbocycles. The Hall–Kier alpha value is -2.27. The van der Waals surface area contributed by atoms with Crippen LogP contribution in [-0.4, -0.2) is 18.2 Å². The maximum atomic E-state index is 13.4. The number of carbonyl (C=O) groups is 1. The molecule has 2 rings (SSSR count). The lowest BCUT2D eigenvalue weighted by molar-refractivity contribution is -0.150. The molecule has 0 aromatic heterocycles. The minimum absolute atomic E-state index is 0.156. The maximum absolute atomic E-state index is 13.4. The molecule has 0 bridgehead atoms. The predicted octanol–water partition coefficient (Wildman–Crippen LogP) is 2.84. The van der Waals surface area contributed by atoms with Gasteiger partial charge in [-0.05, 0) is 41.0 Å². The second-order valence-electron chi connectivity index (χ2n) is 4.17. The Labute approximate surface area is 114 Å². The summed E-state index contributed by atoms with van der Waals surface area (Å²) in [5.41, 5.74) is 0.758. The van der Waals surface area contributed by atoms with Gasteiger partial charge in [0.15, 0.2) is 6.10 Å². The zero-order valence-electron chi connectivity index (χ0n) is 10.6. The number of benzene rings is 2. The van der Waals surface area contributed by atoms with Gasteiger partial charge < -0.3 is 9.84 Å². The SMILES string of the molecule is COC(=O)C(O)c1ccc(F)cc1-c1cccc(F)c1. The summed E-state index contributed by atoms with van der Waals surface area (Å²) < 4.78 is 31.1. The molecule has 1 N–H and O–H groups in total. The Morgan fingerprint density at radius 3 is 2.50 bits per heavy atom. The minimum atomic E-state index is -1.56. The Morgan fingerprint density at radius 2 is 1.85 bits per heavy atom. The first kappa shape index (κ1) is 14.1. The number of carbonyl (C=O) groups excluding carboxylic acids is 1. The van der Waals surface area contributed by atoms with Gasteiger partial charge in [-0.15, -0.1) is 0 Å². The van der Waals surface area contributed by atoms with Crippen molar-refractivity contribution in [2.45, 2.75) is 6.10 Å². The molecule has 1 unspecified atom stereocenters. The van der Waals surface area contributed by atoms with E-state index in [1.165, 1.54) is 24.3 Å². The van der Waals surface area contributed by atoms with Crippen molar-refractivity contribution in [1.82, 2.24) is 0 Å². The number of esters is 1. The molecule has 0 saturated carbocycles. The number of hydrogen-bond acceptors (Lipinski definition) is 3. The first-order chi connectivity index (χ1) is 9.52. The lowest BCUT2D eigenvalue weighted by atomic mass is 9.96. The molecular formula is C15H12F2O3. The molecule has 5 heteroatoms. The summed E-state index contributed by atoms with van der Waals surface area (Å²) in [6.45, 7) is 0. The van der Waals surface area contributed by atoms with E-state index in [2.05, 4.69) is 4.74 Å². The van der Waals surface area contributed by atoms with E-state index in [4.69, 9.17) is 0 Å². The normalized spacial score (nSPS) is 12.0. The van der Waals surface area contributed by atoms with Gasteiger partial charge in [-0.25, -0.2) is 13.6 Å². The van der Waals surface area contributed by atoms with E-state index in [1.54, 1.807) is 6.07 Å². The highest BCUT2D eigenvalue weighted by molar-refractivity contribution is 5.80. The van der Waals surface area contributed by atoms with Gasteiger partial charge in [0.25, 0.3) is 0 Å². The van der Waals surface area contributed by atoms with Crippen LogP contribution in [0.1, 0.15) is 11.7 Å². The van der Waals surface area contributed by atoms with E-state index in [-0.39, 0.29) is 11.1 Å². The van der Waals surface area contributed by atoms with Crippen molar-refractivity contribution in [3.05, 3.63) is 59.7 Å². The predicted molar refractivity (Wildman–Crippen MR) is 68.8 cm³/mol. The Morgan fingerprint density at radius 1 is 1.15 bits per heavy atom. The zero-order chi connectivity index (χ0) is 14.7. The van der Waals surface area contributed by atoms with Crippen molar-refractivity contribution < 1.29 is 23.4 Å². The fourth-order valence-corrected chi connectivity index (χ4v) is 1.91. The molecule has 3 nitrogen and oxygen atoms in total. The Balaban J connectivity index is 2.57. The number of rotatable bonds is 3. The molecule has 0 saturated heterocycles. The second-order valence-corrected chi connectivity index (χ2v) is 4.17. The van der Waals surface area contributed by atoms with Crippen molar-refractivity contribution in [3.8, 4) is 11.1 Å². The number of aliphatic hydroxyl groups is 1. The standard InChI is InChI=1S/C15H12F2O3/c1-20-15(19)14(18)12-6-5-11(17)8-13(12)9-3-2-4-10(16)7-9/h2-8,14,18H,1H3. The van der Waals surface area contributed by atoms with Crippen LogP contribution in [0.25, 0.3) is 11.1 Å². The van der Waals surface area contributed by atoms with Crippen LogP contribution in [-0.2, 0) is 9.53 Å². The third-order valence-electron chi connectivity index (χ3n) is 2.87. The van der Waals surface area contributed by atoms with Crippen molar-refractivity contribution in [2.75, 3.05) is 7.11 Å². The van der Waals surface area contributed by atoms with Gasteiger partial charge in [-0.3, -0.25) is 0 Å². The third-order valence-corrected chi connectivity index (χ3v) is 2.87. The van der Waals surface area contributed by atoms with Gasteiger partial charge in [0.05, 0.1) is 7.11 Å². The van der Waals surface area contributed by atoms with Crippen molar-refractivity contribution in [1.29, 1.82) is 0 Å². The quantitative estimate of drug-likeness (QED) is 0.878. The van der Waals surface area contributed by atoms with Gasteiger partial charge in [-0.1, -0.05) is 18.2 Å². The van der Waals surface area contributed by atoms with Gasteiger partial charge >= 0.3 is 5.97 Å². The first-order valence-electron chi connectivity index (χ1n) is 5.84. The molecule has 0 heterocycles. The molecule has 0 radical (unpaired) electrons. The number of halogens is 2. The van der Waals surface area contributed by atoms with Gasteiger partial charge in [0.1, 0.15) is 11.6 Å². The summed E-state index contributed by atoms with van der Waals surface area (Å²) in [6.07, 6.45) is -1.56. The van der Waals surface area contributed by atoms with Gasteiger partial charge in [0.2, 0.25) is 0 Å². The molecule has 1 atom stereocenters. The van der Waals surface area contributed by atoms with Crippen LogP contribution in [0.5, 0.6) is 0 Å². The summed E-state index contributed by atoms with van der Waals surface area (Å²) >= 11 is 0. The van der Waals surface area contributed by atoms with Gasteiger partial charge in [0, 0.05) is 0 Å². The maximum Gasteiger partial charge on any atom is 0.339 e. The van der Waals surface area contributed by atoms with Crippen LogP contribution in [0.4, 0.5) is 8.78 Å². The van der Waals surface area contributed by atoms with E-state index < -0.39 is 23.7 Å². The third kappa shape index (κ3) is 2.83. The topological polar surface area (TPSA) is 46.5 Å². The number of aliphatic hydroxyl groups excluding tert-OH is 1. The van der Waals surface area contributed by atoms with Crippen LogP contribution in [0, 0.1) is 11.6 Å². The average Bonchev–Trinajstić information content (AvgIpc) is 2.45. The van der Waals surface area contributed by atoms with Crippen LogP contribution >= 0.6 is 0 Å². The van der Waals surface area contributed by atoms with E-state index >= 15 is 0 Å². The summed E-state index contributed by atoms with van der Waals surface area (Å²) in [6, 6.07) is 8.99. The highest BCUT2D eigenvalue weighted by Gasteiger charge is 2.22. The largest absolute Gasteiger partial charge is 0.467 e. The Bertz CT molecular complexity index is 641. The molecule has 0 amide bonds. The van der Waals surface area contributed by atoms with E-state index in [9.17, 15) is 18.7 Å². The summed E-state index contributed by atoms with van der Waals surface area (Å²) in [7, 11) is 1.14. The second kappa shape index (κ2) is 5.79. The van der Waals surface area contributed by atoms with Crippen molar-refractivity contribution in [2.24, 2.45) is 0 Å². The monoisotopic (exact) mass is 278 g/mol. The molecule has 0 spiro atoms. The molecule has 0 aliphatic heterocycles. The molecule has 2 aromatic rings. The van der Waals surface area contributed by atoms with Crippen LogP contribution in [0.2, 0.25) is 0 Å². The summed E-state index contributed by atoms with van der Waals surface area (Å²) in [5.74, 6) is -1.91. The smallest absolute Gasteiger partial charge is 0.339 e. The van der Waals surface area contributed by atoms with Crippen molar-refractivity contribution in [3.63, 3.8) is 0 Å². The van der Waals surface area contributed by atoms with Crippen LogP contribution < -0.4 is 0 Å². The first-order valence-corrected chi connectivity index (χ1v) is 5.84. The number of ether oxygens (including phenoxy) is 1. The molecule has 0 aliphatic rings. The van der Waals surface area contributed by atoms with Gasteiger partial charge in [-0.2, -0.15) is 0 Å². The lowest BCUT2D eigenvalue weighted by Crippen LogP contribution is -2.14. The number of methoxy groups -OCH3 is 1. The van der Waals surface area contributed by atoms with Crippen LogP contribution in [0.15, 0.2) is 42.5 Å². The average molecular weight is 278 g/mol. The minimum Gasteiger partial charge on any atom is -0.467 e. The molecule has 0 fully saturated rings. The molecular weight excluding hydrogens is 266 g/mol. The van der Waals surface area contributed by atoms with Crippen LogP contribution in [0.3, 0.4) is 0 Å². The van der Waals surface area contributed by atoms with E-state index in [0.717, 1.165) is 19.2 Å². The Kier molecular flexibility index (Phi) is 4.10. The highest BCUT2D eigenvalue weighted by atomic mass is 19.1. The summed E-state index contributed by atoms with van der Waals surface area (Å²) in [5, 5.41) is 9.90. The van der Waals surface area contributed by atoms with E-state index in [1.807, 2.05) is 0 Å². The van der Waals surface area contributed by atoms with Crippen molar-refractivity contribution >= 4 is 5.97 Å². The number of hydrogen-bond donors (Lipinski definition) is 1. The highest BCUT2D eigenvalue weighted by Crippen LogP contribution is 2.30.